The highest BCUT2D eigenvalue weighted by Crippen LogP contribution is 2.28. The monoisotopic (exact) mass is 474 g/mol. The molecule has 0 radical (unpaired) electrons. The van der Waals surface area contributed by atoms with E-state index in [0.29, 0.717) is 37.0 Å². The molecule has 2 amide bonds. The zero-order valence-corrected chi connectivity index (χ0v) is 18.9. The Morgan fingerprint density at radius 1 is 0.971 bits per heavy atom. The van der Waals surface area contributed by atoms with Crippen LogP contribution in [0.3, 0.4) is 0 Å². The summed E-state index contributed by atoms with van der Waals surface area (Å²) in [6, 6.07) is 10.3. The minimum absolute atomic E-state index is 0.0372. The molecule has 0 aromatic heterocycles. The lowest BCUT2D eigenvalue weighted by molar-refractivity contribution is -0.143. The molecule has 1 aliphatic carbocycles. The molecular weight excluding hydrogens is 446 g/mol. The number of carboxylic acids is 1. The third kappa shape index (κ3) is 6.76. The van der Waals surface area contributed by atoms with Crippen LogP contribution in [0.2, 0.25) is 0 Å². The molecule has 1 fully saturated rings. The van der Waals surface area contributed by atoms with E-state index < -0.39 is 18.3 Å². The number of aryl methyl sites for hydroxylation is 1. The SMILES string of the molecule is Cc1cc(O[C@H]2CC[C@@H](C(=O)O)CC2)ccc1C(=O)NCCNC(=O)c1ccc(C(F)F)cc1. The van der Waals surface area contributed by atoms with Crippen LogP contribution in [0.1, 0.15) is 64.0 Å². The minimum Gasteiger partial charge on any atom is -0.490 e. The fourth-order valence-electron chi connectivity index (χ4n) is 3.91. The maximum atomic E-state index is 12.6. The van der Waals surface area contributed by atoms with Crippen molar-refractivity contribution in [2.75, 3.05) is 13.1 Å². The van der Waals surface area contributed by atoms with Gasteiger partial charge in [0.1, 0.15) is 5.75 Å². The largest absolute Gasteiger partial charge is 0.490 e. The number of amides is 2. The van der Waals surface area contributed by atoms with E-state index in [1.54, 1.807) is 25.1 Å². The van der Waals surface area contributed by atoms with Gasteiger partial charge in [-0.15, -0.1) is 0 Å². The van der Waals surface area contributed by atoms with E-state index in [9.17, 15) is 23.2 Å². The number of ether oxygens (including phenoxy) is 1. The third-order valence-corrected chi connectivity index (χ3v) is 5.89. The molecule has 182 valence electrons. The standard InChI is InChI=1S/C25H28F2N2O5/c1-15-14-20(34-19-8-6-18(7-9-19)25(32)33)10-11-21(15)24(31)29-13-12-28-23(30)17-4-2-16(3-5-17)22(26)27/h2-5,10-11,14,18-19,22H,6-9,12-13H2,1H3,(H,28,30)(H,29,31)(H,32,33)/t18-,19+. The Morgan fingerprint density at radius 3 is 2.15 bits per heavy atom. The summed E-state index contributed by atoms with van der Waals surface area (Å²) in [6.45, 7) is 2.18. The third-order valence-electron chi connectivity index (χ3n) is 5.89. The van der Waals surface area contributed by atoms with Crippen molar-refractivity contribution < 1.29 is 33.0 Å². The number of rotatable bonds is 9. The van der Waals surface area contributed by atoms with Crippen molar-refractivity contribution >= 4 is 17.8 Å². The number of carbonyl (C=O) groups is 3. The van der Waals surface area contributed by atoms with E-state index in [2.05, 4.69) is 10.6 Å². The van der Waals surface area contributed by atoms with E-state index in [0.717, 1.165) is 5.56 Å². The van der Waals surface area contributed by atoms with Gasteiger partial charge in [-0.25, -0.2) is 8.78 Å². The summed E-state index contributed by atoms with van der Waals surface area (Å²) in [5, 5.41) is 14.5. The molecule has 0 bridgehead atoms. The van der Waals surface area contributed by atoms with E-state index in [1.165, 1.54) is 24.3 Å². The predicted molar refractivity (Wildman–Crippen MR) is 121 cm³/mol. The number of alkyl halides is 2. The summed E-state index contributed by atoms with van der Waals surface area (Å²) in [5.41, 5.74) is 1.33. The Morgan fingerprint density at radius 2 is 1.59 bits per heavy atom. The number of nitrogens with one attached hydrogen (secondary N) is 2. The molecule has 0 unspecified atom stereocenters. The molecule has 0 heterocycles. The summed E-state index contributed by atoms with van der Waals surface area (Å²) >= 11 is 0. The Kier molecular flexibility index (Phi) is 8.56. The quantitative estimate of drug-likeness (QED) is 0.475. The van der Waals surface area contributed by atoms with Gasteiger partial charge in [-0.2, -0.15) is 0 Å². The van der Waals surface area contributed by atoms with Crippen molar-refractivity contribution in [3.05, 3.63) is 64.7 Å². The molecule has 2 aromatic carbocycles. The highest BCUT2D eigenvalue weighted by Gasteiger charge is 2.27. The minimum atomic E-state index is -2.59. The van der Waals surface area contributed by atoms with Gasteiger partial charge in [0.15, 0.2) is 0 Å². The van der Waals surface area contributed by atoms with Crippen molar-refractivity contribution in [1.82, 2.24) is 10.6 Å². The van der Waals surface area contributed by atoms with E-state index in [1.807, 2.05) is 0 Å². The van der Waals surface area contributed by atoms with Gasteiger partial charge in [0.05, 0.1) is 12.0 Å². The van der Waals surface area contributed by atoms with Gasteiger partial charge in [-0.1, -0.05) is 12.1 Å². The van der Waals surface area contributed by atoms with Crippen molar-refractivity contribution in [1.29, 1.82) is 0 Å². The normalized spacial score (nSPS) is 17.8. The highest BCUT2D eigenvalue weighted by atomic mass is 19.3. The second-order valence-corrected chi connectivity index (χ2v) is 8.34. The fourth-order valence-corrected chi connectivity index (χ4v) is 3.91. The van der Waals surface area contributed by atoms with Gasteiger partial charge in [0, 0.05) is 29.8 Å². The van der Waals surface area contributed by atoms with Crippen LogP contribution in [0.5, 0.6) is 5.75 Å². The number of hydrogen-bond acceptors (Lipinski definition) is 4. The number of halogens is 2. The Labute approximate surface area is 196 Å². The van der Waals surface area contributed by atoms with Crippen LogP contribution in [-0.4, -0.2) is 42.1 Å². The average Bonchev–Trinajstić information content (AvgIpc) is 2.82. The highest BCUT2D eigenvalue weighted by molar-refractivity contribution is 5.96. The molecule has 3 N–H and O–H groups in total. The molecule has 0 atom stereocenters. The number of hydrogen-bond donors (Lipinski definition) is 3. The maximum absolute atomic E-state index is 12.6. The van der Waals surface area contributed by atoms with E-state index in [-0.39, 0.29) is 42.1 Å². The van der Waals surface area contributed by atoms with Crippen LogP contribution in [-0.2, 0) is 4.79 Å². The zero-order valence-electron chi connectivity index (χ0n) is 18.9. The molecule has 9 heteroatoms. The molecule has 0 spiro atoms. The predicted octanol–water partition coefficient (Wildman–Crippen LogP) is 4.11. The van der Waals surface area contributed by atoms with Crippen LogP contribution in [0.25, 0.3) is 0 Å². The Balaban J connectivity index is 1.43. The summed E-state index contributed by atoms with van der Waals surface area (Å²) in [4.78, 5) is 35.7. The number of benzene rings is 2. The Bertz CT molecular complexity index is 1020. The van der Waals surface area contributed by atoms with Gasteiger partial charge in [0.2, 0.25) is 0 Å². The first kappa shape index (κ1) is 25.1. The topological polar surface area (TPSA) is 105 Å². The summed E-state index contributed by atoms with van der Waals surface area (Å²) < 4.78 is 31.2. The Hall–Kier alpha value is -3.49. The van der Waals surface area contributed by atoms with Crippen molar-refractivity contribution in [2.45, 2.75) is 45.1 Å². The molecule has 0 aliphatic heterocycles. The zero-order chi connectivity index (χ0) is 24.7. The van der Waals surface area contributed by atoms with Crippen molar-refractivity contribution in [2.24, 2.45) is 5.92 Å². The summed E-state index contributed by atoms with van der Waals surface area (Å²) in [5.74, 6) is -1.12. The number of aliphatic carboxylic acids is 1. The summed E-state index contributed by atoms with van der Waals surface area (Å²) in [6.07, 6.45) is -0.0746. The number of carbonyl (C=O) groups excluding carboxylic acids is 2. The molecule has 7 nitrogen and oxygen atoms in total. The lowest BCUT2D eigenvalue weighted by Crippen LogP contribution is -2.35. The van der Waals surface area contributed by atoms with Crippen LogP contribution in [0, 0.1) is 12.8 Å². The van der Waals surface area contributed by atoms with E-state index in [4.69, 9.17) is 9.84 Å². The van der Waals surface area contributed by atoms with Crippen molar-refractivity contribution in [3.63, 3.8) is 0 Å². The van der Waals surface area contributed by atoms with Gasteiger partial charge < -0.3 is 20.5 Å². The second-order valence-electron chi connectivity index (χ2n) is 8.34. The second kappa shape index (κ2) is 11.6. The van der Waals surface area contributed by atoms with Gasteiger partial charge in [-0.3, -0.25) is 14.4 Å². The lowest BCUT2D eigenvalue weighted by atomic mass is 9.87. The van der Waals surface area contributed by atoms with Crippen LogP contribution in [0.15, 0.2) is 42.5 Å². The fraction of sp³-hybridized carbons (Fsp3) is 0.400. The maximum Gasteiger partial charge on any atom is 0.306 e. The smallest absolute Gasteiger partial charge is 0.306 e. The first-order chi connectivity index (χ1) is 16.2. The summed E-state index contributed by atoms with van der Waals surface area (Å²) in [7, 11) is 0. The van der Waals surface area contributed by atoms with Crippen LogP contribution < -0.4 is 15.4 Å². The van der Waals surface area contributed by atoms with Crippen LogP contribution in [0.4, 0.5) is 8.78 Å². The molecule has 1 saturated carbocycles. The van der Waals surface area contributed by atoms with Gasteiger partial charge in [0.25, 0.3) is 18.2 Å². The lowest BCUT2D eigenvalue weighted by Gasteiger charge is -2.27. The van der Waals surface area contributed by atoms with Crippen LogP contribution >= 0.6 is 0 Å². The molecule has 3 rings (SSSR count). The molecular formula is C25H28F2N2O5. The molecule has 0 saturated heterocycles. The number of carboxylic acid groups (broad SMARTS) is 1. The molecule has 34 heavy (non-hydrogen) atoms. The van der Waals surface area contributed by atoms with Gasteiger partial charge in [-0.05, 0) is 68.5 Å². The van der Waals surface area contributed by atoms with Gasteiger partial charge >= 0.3 is 5.97 Å². The first-order valence-electron chi connectivity index (χ1n) is 11.2. The average molecular weight is 475 g/mol. The molecule has 2 aromatic rings. The van der Waals surface area contributed by atoms with Crippen molar-refractivity contribution in [3.8, 4) is 5.75 Å². The molecule has 1 aliphatic rings. The van der Waals surface area contributed by atoms with E-state index >= 15 is 0 Å². The first-order valence-corrected chi connectivity index (χ1v) is 11.2.